The molecule has 0 fully saturated rings. The molecule has 0 atom stereocenters. The molecule has 0 aromatic carbocycles. The van der Waals surface area contributed by atoms with Crippen LogP contribution in [0.25, 0.3) is 0 Å². The molecule has 1 aromatic rings. The van der Waals surface area contributed by atoms with Crippen molar-refractivity contribution < 1.29 is 13.2 Å². The lowest BCUT2D eigenvalue weighted by atomic mass is 10.2. The summed E-state index contributed by atoms with van der Waals surface area (Å²) in [6.07, 6.45) is -2.93. The zero-order chi connectivity index (χ0) is 10.0. The number of aromatic nitrogens is 1. The highest BCUT2D eigenvalue weighted by Gasteiger charge is 2.17. The lowest BCUT2D eigenvalue weighted by Gasteiger charge is -2.03. The Kier molecular flexibility index (Phi) is 2.37. The van der Waals surface area contributed by atoms with Gasteiger partial charge in [-0.2, -0.15) is 5.26 Å². The number of hydrogen-bond acceptors (Lipinski definition) is 3. The van der Waals surface area contributed by atoms with Crippen LogP contribution < -0.4 is 5.73 Å². The summed E-state index contributed by atoms with van der Waals surface area (Å²) in [6, 6.07) is 2.05. The van der Waals surface area contributed by atoms with Crippen molar-refractivity contribution in [2.75, 3.05) is 5.73 Å². The average molecular weight is 187 g/mol. The molecule has 6 heteroatoms. The predicted octanol–water partition coefficient (Wildman–Crippen LogP) is 1.61. The number of halogens is 3. The Balaban J connectivity index is 3.35. The van der Waals surface area contributed by atoms with E-state index >= 15 is 0 Å². The quantitative estimate of drug-likeness (QED) is 0.726. The summed E-state index contributed by atoms with van der Waals surface area (Å²) in [5, 5.41) is 8.35. The molecule has 1 aromatic heterocycles. The number of nitriles is 1. The normalized spacial score (nSPS) is 10.1. The van der Waals surface area contributed by atoms with Crippen molar-refractivity contribution in [3.05, 3.63) is 23.1 Å². The average Bonchev–Trinajstić information content (AvgIpc) is 2.08. The van der Waals surface area contributed by atoms with Gasteiger partial charge in [-0.15, -0.1) is 0 Å². The molecule has 0 aliphatic rings. The second-order valence-corrected chi connectivity index (χ2v) is 2.20. The molecule has 0 saturated carbocycles. The Bertz CT molecular complexity index is 370. The summed E-state index contributed by atoms with van der Waals surface area (Å²) in [4.78, 5) is 3.07. The molecular weight excluding hydrogens is 183 g/mol. The van der Waals surface area contributed by atoms with Crippen LogP contribution in [-0.4, -0.2) is 4.98 Å². The van der Waals surface area contributed by atoms with Crippen LogP contribution in [0.3, 0.4) is 0 Å². The number of alkyl halides is 2. The second-order valence-electron chi connectivity index (χ2n) is 2.20. The fourth-order valence-electron chi connectivity index (χ4n) is 0.774. The maximum absolute atomic E-state index is 12.6. The zero-order valence-electron chi connectivity index (χ0n) is 6.26. The Labute approximate surface area is 71.6 Å². The third-order valence-corrected chi connectivity index (χ3v) is 1.36. The first-order valence-electron chi connectivity index (χ1n) is 3.20. The Morgan fingerprint density at radius 2 is 2.15 bits per heavy atom. The van der Waals surface area contributed by atoms with E-state index in [-0.39, 0.29) is 0 Å². The zero-order valence-corrected chi connectivity index (χ0v) is 6.26. The summed E-state index contributed by atoms with van der Waals surface area (Å²) >= 11 is 0. The summed E-state index contributed by atoms with van der Waals surface area (Å²) in [5.74, 6) is -1.60. The lowest BCUT2D eigenvalue weighted by Crippen LogP contribution is -2.02. The summed E-state index contributed by atoms with van der Waals surface area (Å²) < 4.78 is 36.9. The molecule has 0 saturated heterocycles. The van der Waals surface area contributed by atoms with E-state index in [0.717, 1.165) is 0 Å². The summed E-state index contributed by atoms with van der Waals surface area (Å²) in [5.41, 5.74) is 3.66. The maximum Gasteiger partial charge on any atom is 0.281 e. The number of nitrogen functional groups attached to an aromatic ring is 1. The fourth-order valence-corrected chi connectivity index (χ4v) is 0.774. The molecule has 1 heterocycles. The maximum atomic E-state index is 12.6. The van der Waals surface area contributed by atoms with Gasteiger partial charge < -0.3 is 5.73 Å². The van der Waals surface area contributed by atoms with Gasteiger partial charge in [0.25, 0.3) is 6.43 Å². The summed E-state index contributed by atoms with van der Waals surface area (Å²) in [6.45, 7) is 0. The van der Waals surface area contributed by atoms with Gasteiger partial charge in [0.2, 0.25) is 0 Å². The fraction of sp³-hybridized carbons (Fsp3) is 0.143. The first-order chi connectivity index (χ1) is 6.06. The van der Waals surface area contributed by atoms with Crippen molar-refractivity contribution in [1.82, 2.24) is 4.98 Å². The number of nitrogens with zero attached hydrogens (tertiary/aromatic N) is 2. The molecule has 1 rings (SSSR count). The van der Waals surface area contributed by atoms with E-state index in [1.54, 1.807) is 0 Å². The minimum atomic E-state index is -2.93. The van der Waals surface area contributed by atoms with Gasteiger partial charge in [0.15, 0.2) is 11.6 Å². The van der Waals surface area contributed by atoms with Crippen molar-refractivity contribution >= 4 is 5.82 Å². The van der Waals surface area contributed by atoms with Gasteiger partial charge >= 0.3 is 0 Å². The van der Waals surface area contributed by atoms with Crippen LogP contribution in [0.15, 0.2) is 6.07 Å². The third kappa shape index (κ3) is 1.69. The van der Waals surface area contributed by atoms with E-state index in [9.17, 15) is 13.2 Å². The highest BCUT2D eigenvalue weighted by Crippen LogP contribution is 2.22. The molecule has 2 N–H and O–H groups in total. The molecule has 3 nitrogen and oxygen atoms in total. The lowest BCUT2D eigenvalue weighted by molar-refractivity contribution is 0.145. The van der Waals surface area contributed by atoms with Crippen LogP contribution in [0.1, 0.15) is 17.7 Å². The number of nitrogens with two attached hydrogens (primary N) is 1. The number of rotatable bonds is 1. The van der Waals surface area contributed by atoms with E-state index in [1.165, 1.54) is 6.07 Å². The largest absolute Gasteiger partial charge is 0.381 e. The van der Waals surface area contributed by atoms with E-state index in [0.29, 0.717) is 6.07 Å². The van der Waals surface area contributed by atoms with Gasteiger partial charge in [-0.1, -0.05) is 0 Å². The van der Waals surface area contributed by atoms with Crippen molar-refractivity contribution in [2.24, 2.45) is 0 Å². The Hall–Kier alpha value is -1.77. The van der Waals surface area contributed by atoms with E-state index < -0.39 is 29.3 Å². The molecule has 13 heavy (non-hydrogen) atoms. The van der Waals surface area contributed by atoms with Gasteiger partial charge in [0, 0.05) is 0 Å². The van der Waals surface area contributed by atoms with Gasteiger partial charge in [0.1, 0.15) is 11.8 Å². The van der Waals surface area contributed by atoms with Crippen LogP contribution in [0.4, 0.5) is 19.0 Å². The molecule has 0 amide bonds. The van der Waals surface area contributed by atoms with Crippen molar-refractivity contribution in [2.45, 2.75) is 6.43 Å². The van der Waals surface area contributed by atoms with E-state index in [2.05, 4.69) is 4.98 Å². The van der Waals surface area contributed by atoms with E-state index in [4.69, 9.17) is 11.0 Å². The number of pyridine rings is 1. The summed E-state index contributed by atoms with van der Waals surface area (Å²) in [7, 11) is 0. The molecule has 68 valence electrons. The Morgan fingerprint density at radius 1 is 1.54 bits per heavy atom. The van der Waals surface area contributed by atoms with Gasteiger partial charge in [0.05, 0.1) is 5.56 Å². The minimum absolute atomic E-state index is 0.498. The highest BCUT2D eigenvalue weighted by molar-refractivity contribution is 5.42. The van der Waals surface area contributed by atoms with Crippen LogP contribution in [0, 0.1) is 17.1 Å². The molecule has 0 aliphatic heterocycles. The van der Waals surface area contributed by atoms with Gasteiger partial charge in [-0.3, -0.25) is 0 Å². The molecule has 0 spiro atoms. The van der Waals surface area contributed by atoms with Crippen LogP contribution in [-0.2, 0) is 0 Å². The molecule has 0 aliphatic carbocycles. The smallest absolute Gasteiger partial charge is 0.281 e. The van der Waals surface area contributed by atoms with Crippen molar-refractivity contribution in [3.8, 4) is 6.07 Å². The third-order valence-electron chi connectivity index (χ3n) is 1.36. The minimum Gasteiger partial charge on any atom is -0.381 e. The van der Waals surface area contributed by atoms with E-state index in [1.807, 2.05) is 0 Å². The molecule has 0 radical (unpaired) electrons. The standard InChI is InChI=1S/C7H4F3N3/c8-4-1-3(2-11)5(6(9)10)13-7(4)12/h1,6H,(H2,12,13). The van der Waals surface area contributed by atoms with Crippen LogP contribution in [0.2, 0.25) is 0 Å². The van der Waals surface area contributed by atoms with Gasteiger partial charge in [-0.25, -0.2) is 18.2 Å². The number of hydrogen-bond donors (Lipinski definition) is 1. The SMILES string of the molecule is N#Cc1cc(F)c(N)nc1C(F)F. The van der Waals surface area contributed by atoms with Crippen molar-refractivity contribution in [3.63, 3.8) is 0 Å². The topological polar surface area (TPSA) is 62.7 Å². The van der Waals surface area contributed by atoms with Crippen LogP contribution in [0.5, 0.6) is 0 Å². The van der Waals surface area contributed by atoms with Crippen molar-refractivity contribution in [1.29, 1.82) is 5.26 Å². The second kappa shape index (κ2) is 3.31. The molecule has 0 bridgehead atoms. The monoisotopic (exact) mass is 187 g/mol. The molecular formula is C7H4F3N3. The predicted molar refractivity (Wildman–Crippen MR) is 38.3 cm³/mol. The van der Waals surface area contributed by atoms with Gasteiger partial charge in [-0.05, 0) is 6.07 Å². The highest BCUT2D eigenvalue weighted by atomic mass is 19.3. The number of anilines is 1. The Morgan fingerprint density at radius 3 is 2.62 bits per heavy atom. The molecule has 0 unspecified atom stereocenters. The first kappa shape index (κ1) is 9.32. The first-order valence-corrected chi connectivity index (χ1v) is 3.20. The van der Waals surface area contributed by atoms with Crippen LogP contribution >= 0.6 is 0 Å².